The van der Waals surface area contributed by atoms with Gasteiger partial charge in [0.25, 0.3) is 0 Å². The summed E-state index contributed by atoms with van der Waals surface area (Å²) in [5, 5.41) is 1.47. The second-order valence-electron chi connectivity index (χ2n) is 5.44. The summed E-state index contributed by atoms with van der Waals surface area (Å²) in [5.41, 5.74) is 7.30. The van der Waals surface area contributed by atoms with Gasteiger partial charge in [-0.3, -0.25) is 4.79 Å². The van der Waals surface area contributed by atoms with E-state index >= 15 is 0 Å². The van der Waals surface area contributed by atoms with Gasteiger partial charge in [0.1, 0.15) is 17.1 Å². The molecule has 20 heavy (non-hydrogen) atoms. The normalized spacial score (nSPS) is 21.9. The van der Waals surface area contributed by atoms with Gasteiger partial charge in [-0.05, 0) is 30.7 Å². The van der Waals surface area contributed by atoms with Crippen LogP contribution in [0.4, 0.5) is 0 Å². The lowest BCUT2D eigenvalue weighted by Crippen LogP contribution is -2.30. The van der Waals surface area contributed by atoms with Crippen molar-refractivity contribution < 1.29 is 4.79 Å². The van der Waals surface area contributed by atoms with Crippen LogP contribution in [0.2, 0.25) is 5.15 Å². The summed E-state index contributed by atoms with van der Waals surface area (Å²) in [5.74, 6) is 0.183. The fraction of sp³-hybridized carbons (Fsp3) is 0.500. The topological polar surface area (TPSA) is 73.8 Å². The van der Waals surface area contributed by atoms with Crippen molar-refractivity contribution in [3.8, 4) is 0 Å². The average Bonchev–Trinajstić information content (AvgIpc) is 2.73. The van der Waals surface area contributed by atoms with E-state index in [0.29, 0.717) is 23.5 Å². The molecular weight excluding hydrogens is 276 g/mol. The third-order valence-corrected chi connectivity index (χ3v) is 4.40. The zero-order valence-corrected chi connectivity index (χ0v) is 12.1. The Kier molecular flexibility index (Phi) is 3.38. The van der Waals surface area contributed by atoms with Crippen LogP contribution in [0.5, 0.6) is 0 Å². The number of aromatic nitrogens is 3. The molecule has 0 spiro atoms. The van der Waals surface area contributed by atoms with Gasteiger partial charge in [0, 0.05) is 18.7 Å². The quantitative estimate of drug-likeness (QED) is 0.880. The van der Waals surface area contributed by atoms with Crippen molar-refractivity contribution in [1.82, 2.24) is 14.5 Å². The van der Waals surface area contributed by atoms with E-state index in [2.05, 4.69) is 27.7 Å². The number of carbonyl (C=O) groups is 1. The number of primary amides is 1. The number of hydrogen-bond donors (Lipinski definition) is 1. The van der Waals surface area contributed by atoms with Crippen LogP contribution in [0.25, 0.3) is 11.0 Å². The highest BCUT2D eigenvalue weighted by Gasteiger charge is 2.32. The van der Waals surface area contributed by atoms with Gasteiger partial charge in [-0.2, -0.15) is 0 Å². The molecule has 0 atom stereocenters. The lowest BCUT2D eigenvalue weighted by atomic mass is 9.78. The Morgan fingerprint density at radius 3 is 2.90 bits per heavy atom. The first-order chi connectivity index (χ1) is 9.60. The summed E-state index contributed by atoms with van der Waals surface area (Å²) in [7, 11) is 0. The molecule has 2 heterocycles. The maximum Gasteiger partial charge on any atom is 0.217 e. The molecule has 0 unspecified atom stereocenters. The molecule has 6 heteroatoms. The Balaban J connectivity index is 1.90. The molecule has 2 aromatic heterocycles. The number of nitrogens with zero attached hydrogens (tertiary/aromatic N) is 3. The molecule has 106 valence electrons. The van der Waals surface area contributed by atoms with Crippen LogP contribution in [0.15, 0.2) is 12.5 Å². The summed E-state index contributed by atoms with van der Waals surface area (Å²) >= 11 is 6.19. The van der Waals surface area contributed by atoms with Gasteiger partial charge in [-0.1, -0.05) is 18.5 Å². The highest BCUT2D eigenvalue weighted by molar-refractivity contribution is 6.34. The van der Waals surface area contributed by atoms with Crippen molar-refractivity contribution in [3.63, 3.8) is 0 Å². The highest BCUT2D eigenvalue weighted by Crippen LogP contribution is 2.42. The van der Waals surface area contributed by atoms with Crippen molar-refractivity contribution in [2.45, 2.75) is 38.6 Å². The van der Waals surface area contributed by atoms with Crippen molar-refractivity contribution >= 4 is 28.5 Å². The standard InChI is InChI=1S/C14H17ClN4O/c1-2-9-6-19(10-3-8(4-10)5-11(16)20)14-12(9)13(15)17-7-18-14/h6-8,10H,2-5H2,1H3,(H2,16,20). The van der Waals surface area contributed by atoms with Crippen molar-refractivity contribution in [1.29, 1.82) is 0 Å². The van der Waals surface area contributed by atoms with E-state index < -0.39 is 0 Å². The predicted molar refractivity (Wildman–Crippen MR) is 77.5 cm³/mol. The molecule has 2 aromatic rings. The number of amides is 1. The van der Waals surface area contributed by atoms with Crippen LogP contribution in [-0.4, -0.2) is 20.4 Å². The Morgan fingerprint density at radius 2 is 2.25 bits per heavy atom. The van der Waals surface area contributed by atoms with E-state index in [1.54, 1.807) is 0 Å². The first-order valence-electron chi connectivity index (χ1n) is 6.88. The Morgan fingerprint density at radius 1 is 1.50 bits per heavy atom. The summed E-state index contributed by atoms with van der Waals surface area (Å²) in [4.78, 5) is 19.4. The molecule has 1 aliphatic carbocycles. The molecule has 0 aliphatic heterocycles. The van der Waals surface area contributed by atoms with Gasteiger partial charge in [-0.25, -0.2) is 9.97 Å². The molecule has 2 N–H and O–H groups in total. The molecule has 5 nitrogen and oxygen atoms in total. The minimum Gasteiger partial charge on any atom is -0.370 e. The van der Waals surface area contributed by atoms with Crippen LogP contribution in [0.3, 0.4) is 0 Å². The zero-order valence-electron chi connectivity index (χ0n) is 11.3. The minimum atomic E-state index is -0.217. The molecule has 0 bridgehead atoms. The zero-order chi connectivity index (χ0) is 14.3. The largest absolute Gasteiger partial charge is 0.370 e. The van der Waals surface area contributed by atoms with Crippen molar-refractivity contribution in [3.05, 3.63) is 23.2 Å². The first kappa shape index (κ1) is 13.4. The number of carbonyl (C=O) groups excluding carboxylic acids is 1. The molecule has 0 saturated heterocycles. The van der Waals surface area contributed by atoms with Crippen molar-refractivity contribution in [2.75, 3.05) is 0 Å². The number of rotatable bonds is 4. The number of hydrogen-bond acceptors (Lipinski definition) is 3. The monoisotopic (exact) mass is 292 g/mol. The minimum absolute atomic E-state index is 0.217. The number of halogens is 1. The fourth-order valence-electron chi connectivity index (χ4n) is 3.05. The fourth-order valence-corrected chi connectivity index (χ4v) is 3.30. The van der Waals surface area contributed by atoms with E-state index in [4.69, 9.17) is 17.3 Å². The van der Waals surface area contributed by atoms with Gasteiger partial charge in [-0.15, -0.1) is 0 Å². The Labute approximate surface area is 122 Å². The van der Waals surface area contributed by atoms with Crippen LogP contribution in [0, 0.1) is 5.92 Å². The van der Waals surface area contributed by atoms with Gasteiger partial charge in [0.15, 0.2) is 0 Å². The average molecular weight is 293 g/mol. The van der Waals surface area contributed by atoms with Crippen molar-refractivity contribution in [2.24, 2.45) is 11.7 Å². The summed E-state index contributed by atoms with van der Waals surface area (Å²) < 4.78 is 2.18. The molecule has 1 aliphatic rings. The van der Waals surface area contributed by atoms with Crippen LogP contribution < -0.4 is 5.73 Å². The Bertz CT molecular complexity index is 660. The number of fused-ring (bicyclic) bond motifs is 1. The molecule has 0 aromatic carbocycles. The smallest absolute Gasteiger partial charge is 0.217 e. The molecular formula is C14H17ClN4O. The van der Waals surface area contributed by atoms with Gasteiger partial charge < -0.3 is 10.3 Å². The maximum atomic E-state index is 10.9. The summed E-state index contributed by atoms with van der Waals surface area (Å²) in [6.07, 6.45) is 6.94. The number of aryl methyl sites for hydroxylation is 1. The molecule has 1 fully saturated rings. The van der Waals surface area contributed by atoms with Gasteiger partial charge in [0.05, 0.1) is 5.39 Å². The number of nitrogens with two attached hydrogens (primary N) is 1. The first-order valence-corrected chi connectivity index (χ1v) is 7.26. The van der Waals surface area contributed by atoms with E-state index in [1.807, 2.05) is 0 Å². The van der Waals surface area contributed by atoms with E-state index in [-0.39, 0.29) is 5.91 Å². The Hall–Kier alpha value is -1.62. The van der Waals surface area contributed by atoms with Gasteiger partial charge >= 0.3 is 0 Å². The summed E-state index contributed by atoms with van der Waals surface area (Å²) in [6, 6.07) is 0.383. The molecule has 1 saturated carbocycles. The molecule has 0 radical (unpaired) electrons. The lowest BCUT2D eigenvalue weighted by molar-refractivity contribution is -0.119. The second-order valence-corrected chi connectivity index (χ2v) is 5.80. The second kappa shape index (κ2) is 5.05. The van der Waals surface area contributed by atoms with Crippen LogP contribution >= 0.6 is 11.6 Å². The van der Waals surface area contributed by atoms with Crippen LogP contribution in [0.1, 0.15) is 37.8 Å². The highest BCUT2D eigenvalue weighted by atomic mass is 35.5. The van der Waals surface area contributed by atoms with E-state index in [0.717, 1.165) is 30.3 Å². The van der Waals surface area contributed by atoms with Crippen LogP contribution in [-0.2, 0) is 11.2 Å². The van der Waals surface area contributed by atoms with E-state index in [9.17, 15) is 4.79 Å². The molecule has 3 rings (SSSR count). The lowest BCUT2D eigenvalue weighted by Gasteiger charge is -2.36. The van der Waals surface area contributed by atoms with Gasteiger partial charge in [0.2, 0.25) is 5.91 Å². The third-order valence-electron chi connectivity index (χ3n) is 4.12. The molecule has 1 amide bonds. The predicted octanol–water partition coefficient (Wildman–Crippen LogP) is 2.47. The van der Waals surface area contributed by atoms with E-state index in [1.165, 1.54) is 11.9 Å². The summed E-state index contributed by atoms with van der Waals surface area (Å²) in [6.45, 7) is 2.10. The maximum absolute atomic E-state index is 10.9. The SMILES string of the molecule is CCc1cn(C2CC(CC(N)=O)C2)c2ncnc(Cl)c12. The third kappa shape index (κ3) is 2.16.